The molecule has 0 aromatic carbocycles. The zero-order valence-corrected chi connectivity index (χ0v) is 7.38. The molecule has 0 saturated carbocycles. The van der Waals surface area contributed by atoms with Gasteiger partial charge in [-0.15, -0.1) is 0 Å². The summed E-state index contributed by atoms with van der Waals surface area (Å²) in [6.45, 7) is 2.10. The fraction of sp³-hybridized carbons (Fsp3) is 0.500. The highest BCUT2D eigenvalue weighted by Gasteiger charge is 2.15. The van der Waals surface area contributed by atoms with E-state index in [-0.39, 0.29) is 5.97 Å². The largest absolute Gasteiger partial charge is 0.431 e. The highest BCUT2D eigenvalue weighted by atomic mass is 16.5. The molecular formula is C10H14O2. The first-order valence-electron chi connectivity index (χ1n) is 4.37. The van der Waals surface area contributed by atoms with Crippen LogP contribution in [0.2, 0.25) is 0 Å². The maximum Gasteiger partial charge on any atom is 0.311 e. The van der Waals surface area contributed by atoms with Crippen LogP contribution in [0.1, 0.15) is 32.6 Å². The number of hydrogen-bond donors (Lipinski definition) is 0. The van der Waals surface area contributed by atoms with Gasteiger partial charge in [-0.05, 0) is 18.9 Å². The highest BCUT2D eigenvalue weighted by molar-refractivity contribution is 5.73. The van der Waals surface area contributed by atoms with E-state index in [9.17, 15) is 4.79 Å². The Morgan fingerprint density at radius 2 is 2.25 bits per heavy atom. The van der Waals surface area contributed by atoms with Crippen molar-refractivity contribution in [2.75, 3.05) is 0 Å². The van der Waals surface area contributed by atoms with Gasteiger partial charge in [-0.2, -0.15) is 0 Å². The van der Waals surface area contributed by atoms with Crippen molar-refractivity contribution < 1.29 is 9.53 Å². The van der Waals surface area contributed by atoms with Crippen molar-refractivity contribution in [2.45, 2.75) is 32.6 Å². The molecule has 0 atom stereocenters. The molecule has 0 aromatic rings. The Morgan fingerprint density at radius 3 is 2.83 bits per heavy atom. The van der Waals surface area contributed by atoms with Gasteiger partial charge in [0.05, 0.1) is 6.42 Å². The topological polar surface area (TPSA) is 26.3 Å². The first-order chi connectivity index (χ1) is 5.83. The second-order valence-corrected chi connectivity index (χ2v) is 2.76. The maximum atomic E-state index is 10.7. The Bertz CT molecular complexity index is 214. The molecule has 1 aliphatic rings. The Kier molecular flexibility index (Phi) is 3.58. The lowest BCUT2D eigenvalue weighted by Gasteiger charge is -1.92. The van der Waals surface area contributed by atoms with Crippen molar-refractivity contribution in [3.63, 3.8) is 0 Å². The van der Waals surface area contributed by atoms with E-state index in [1.165, 1.54) is 0 Å². The number of allylic oxidation sites excluding steroid dienone is 4. The molecule has 1 aliphatic heterocycles. The number of rotatable bonds is 3. The third-order valence-electron chi connectivity index (χ3n) is 1.70. The summed E-state index contributed by atoms with van der Waals surface area (Å²) < 4.78 is 4.93. The quantitative estimate of drug-likeness (QED) is 0.475. The molecule has 1 saturated heterocycles. The third kappa shape index (κ3) is 2.91. The summed E-state index contributed by atoms with van der Waals surface area (Å²) in [5.41, 5.74) is 0. The van der Waals surface area contributed by atoms with Gasteiger partial charge in [0.25, 0.3) is 0 Å². The second-order valence-electron chi connectivity index (χ2n) is 2.76. The fourth-order valence-corrected chi connectivity index (χ4v) is 1.08. The van der Waals surface area contributed by atoms with Crippen LogP contribution >= 0.6 is 0 Å². The zero-order chi connectivity index (χ0) is 8.81. The van der Waals surface area contributed by atoms with Crippen molar-refractivity contribution in [3.8, 4) is 0 Å². The van der Waals surface area contributed by atoms with Crippen molar-refractivity contribution in [2.24, 2.45) is 0 Å². The van der Waals surface area contributed by atoms with Crippen LogP contribution in [0, 0.1) is 0 Å². The molecule has 1 fully saturated rings. The van der Waals surface area contributed by atoms with Crippen LogP contribution in [-0.2, 0) is 9.53 Å². The normalized spacial score (nSPS) is 20.8. The van der Waals surface area contributed by atoms with Crippen molar-refractivity contribution in [1.82, 2.24) is 0 Å². The molecule has 66 valence electrons. The molecule has 0 bridgehead atoms. The number of esters is 1. The number of hydrogen-bond acceptors (Lipinski definition) is 2. The molecule has 1 heterocycles. The number of ether oxygens (including phenoxy) is 1. The molecule has 0 spiro atoms. The highest BCUT2D eigenvalue weighted by Crippen LogP contribution is 2.17. The monoisotopic (exact) mass is 166 g/mol. The predicted molar refractivity (Wildman–Crippen MR) is 47.5 cm³/mol. The van der Waals surface area contributed by atoms with Gasteiger partial charge < -0.3 is 4.74 Å². The first-order valence-corrected chi connectivity index (χ1v) is 4.37. The molecule has 1 rings (SSSR count). The molecule has 0 amide bonds. The van der Waals surface area contributed by atoms with Crippen LogP contribution in [0.3, 0.4) is 0 Å². The Balaban J connectivity index is 2.28. The Morgan fingerprint density at radius 1 is 1.42 bits per heavy atom. The summed E-state index contributed by atoms with van der Waals surface area (Å²) in [6, 6.07) is 0. The van der Waals surface area contributed by atoms with Crippen LogP contribution < -0.4 is 0 Å². The molecule has 0 aromatic heterocycles. The van der Waals surface area contributed by atoms with Crippen LogP contribution in [0.4, 0.5) is 0 Å². The van der Waals surface area contributed by atoms with E-state index in [1.54, 1.807) is 0 Å². The van der Waals surface area contributed by atoms with Crippen LogP contribution in [-0.4, -0.2) is 5.97 Å². The average molecular weight is 166 g/mol. The van der Waals surface area contributed by atoms with E-state index in [2.05, 4.69) is 19.1 Å². The smallest absolute Gasteiger partial charge is 0.311 e. The lowest BCUT2D eigenvalue weighted by atomic mass is 10.2. The van der Waals surface area contributed by atoms with Crippen molar-refractivity contribution >= 4 is 5.97 Å². The number of cyclic esters (lactones) is 1. The molecule has 12 heavy (non-hydrogen) atoms. The Labute approximate surface area is 72.9 Å². The minimum absolute atomic E-state index is 0.0966. The molecule has 2 nitrogen and oxygen atoms in total. The molecule has 2 heteroatoms. The van der Waals surface area contributed by atoms with E-state index in [4.69, 9.17) is 4.74 Å². The predicted octanol–water partition coefficient (Wildman–Crippen LogP) is 2.56. The standard InChI is InChI=1S/C10H14O2/c1-2-3-4-5-6-9-7-8-10(11)12-9/h3-4,6H,2,5,7-8H2,1H3/b4-3-,9-6-. The summed E-state index contributed by atoms with van der Waals surface area (Å²) >= 11 is 0. The van der Waals surface area contributed by atoms with E-state index in [0.29, 0.717) is 6.42 Å². The fourth-order valence-electron chi connectivity index (χ4n) is 1.08. The number of carbonyl (C=O) groups is 1. The summed E-state index contributed by atoms with van der Waals surface area (Å²) in [5.74, 6) is 0.737. The van der Waals surface area contributed by atoms with Gasteiger partial charge in [-0.25, -0.2) is 0 Å². The molecule has 0 unspecified atom stereocenters. The minimum Gasteiger partial charge on any atom is -0.431 e. The summed E-state index contributed by atoms with van der Waals surface area (Å²) in [5, 5.41) is 0. The van der Waals surface area contributed by atoms with Gasteiger partial charge >= 0.3 is 5.97 Å². The lowest BCUT2D eigenvalue weighted by Crippen LogP contribution is -1.88. The summed E-state index contributed by atoms with van der Waals surface area (Å²) in [7, 11) is 0. The van der Waals surface area contributed by atoms with E-state index >= 15 is 0 Å². The Hall–Kier alpha value is -1.05. The molecule has 0 radical (unpaired) electrons. The van der Waals surface area contributed by atoms with E-state index in [1.807, 2.05) is 6.08 Å². The summed E-state index contributed by atoms with van der Waals surface area (Å²) in [6.07, 6.45) is 9.41. The SMILES string of the molecule is CC/C=C\C/C=C1/CCC(=O)O1. The van der Waals surface area contributed by atoms with E-state index in [0.717, 1.165) is 25.0 Å². The van der Waals surface area contributed by atoms with Crippen molar-refractivity contribution in [1.29, 1.82) is 0 Å². The average Bonchev–Trinajstić information content (AvgIpc) is 2.45. The van der Waals surface area contributed by atoms with Gasteiger partial charge in [-0.3, -0.25) is 4.79 Å². The van der Waals surface area contributed by atoms with Gasteiger partial charge in [0.1, 0.15) is 5.76 Å². The van der Waals surface area contributed by atoms with Crippen LogP contribution in [0.25, 0.3) is 0 Å². The molecular weight excluding hydrogens is 152 g/mol. The summed E-state index contributed by atoms with van der Waals surface area (Å²) in [4.78, 5) is 10.7. The van der Waals surface area contributed by atoms with Gasteiger partial charge in [-0.1, -0.05) is 19.1 Å². The maximum absolute atomic E-state index is 10.7. The van der Waals surface area contributed by atoms with Gasteiger partial charge in [0, 0.05) is 6.42 Å². The van der Waals surface area contributed by atoms with Gasteiger partial charge in [0.2, 0.25) is 0 Å². The first kappa shape index (κ1) is 9.04. The molecule has 0 aliphatic carbocycles. The van der Waals surface area contributed by atoms with Crippen LogP contribution in [0.15, 0.2) is 24.0 Å². The van der Waals surface area contributed by atoms with Crippen LogP contribution in [0.5, 0.6) is 0 Å². The lowest BCUT2D eigenvalue weighted by molar-refractivity contribution is -0.135. The van der Waals surface area contributed by atoms with Crippen molar-refractivity contribution in [3.05, 3.63) is 24.0 Å². The number of carbonyl (C=O) groups excluding carboxylic acids is 1. The zero-order valence-electron chi connectivity index (χ0n) is 7.38. The molecule has 0 N–H and O–H groups in total. The van der Waals surface area contributed by atoms with Gasteiger partial charge in [0.15, 0.2) is 0 Å². The second kappa shape index (κ2) is 4.75. The van der Waals surface area contributed by atoms with E-state index < -0.39 is 0 Å². The third-order valence-corrected chi connectivity index (χ3v) is 1.70. The minimum atomic E-state index is -0.0966.